The molecule has 0 heterocycles. The van der Waals surface area contributed by atoms with E-state index in [2.05, 4.69) is 5.32 Å². The lowest BCUT2D eigenvalue weighted by molar-refractivity contribution is -0.385. The number of nitro groups is 1. The summed E-state index contributed by atoms with van der Waals surface area (Å²) < 4.78 is 0. The van der Waals surface area contributed by atoms with Crippen LogP contribution in [0, 0.1) is 17.0 Å². The Labute approximate surface area is 122 Å². The largest absolute Gasteiger partial charge is 0.309 e. The molecule has 0 fully saturated rings. The molecular formula is C15H15ClN2O2. The number of halogens is 1. The van der Waals surface area contributed by atoms with Crippen LogP contribution < -0.4 is 5.32 Å². The SMILES string of the molecule is Cc1c(CNCc2cccc(Cl)c2)cccc1[N+](=O)[O-]. The second-order valence-electron chi connectivity index (χ2n) is 4.55. The van der Waals surface area contributed by atoms with Crippen molar-refractivity contribution >= 4 is 17.3 Å². The molecule has 2 aromatic carbocycles. The lowest BCUT2D eigenvalue weighted by Gasteiger charge is -2.08. The zero-order valence-electron chi connectivity index (χ0n) is 11.1. The summed E-state index contributed by atoms with van der Waals surface area (Å²) in [6.45, 7) is 3.03. The van der Waals surface area contributed by atoms with Crippen LogP contribution in [0.3, 0.4) is 0 Å². The van der Waals surface area contributed by atoms with Crippen LogP contribution in [0.25, 0.3) is 0 Å². The van der Waals surface area contributed by atoms with Crippen molar-refractivity contribution in [2.24, 2.45) is 0 Å². The van der Waals surface area contributed by atoms with Crippen molar-refractivity contribution in [3.8, 4) is 0 Å². The number of rotatable bonds is 5. The van der Waals surface area contributed by atoms with Gasteiger partial charge in [-0.3, -0.25) is 10.1 Å². The Morgan fingerprint density at radius 1 is 1.20 bits per heavy atom. The molecule has 0 aliphatic rings. The third-order valence-corrected chi connectivity index (χ3v) is 3.38. The molecule has 0 aliphatic carbocycles. The maximum atomic E-state index is 10.9. The van der Waals surface area contributed by atoms with E-state index in [-0.39, 0.29) is 10.6 Å². The Morgan fingerprint density at radius 2 is 1.95 bits per heavy atom. The molecule has 0 saturated carbocycles. The summed E-state index contributed by atoms with van der Waals surface area (Å²) in [5.41, 5.74) is 2.88. The summed E-state index contributed by atoms with van der Waals surface area (Å²) >= 11 is 5.92. The molecule has 5 heteroatoms. The molecular weight excluding hydrogens is 276 g/mol. The summed E-state index contributed by atoms with van der Waals surface area (Å²) in [6, 6.07) is 12.7. The zero-order chi connectivity index (χ0) is 14.5. The van der Waals surface area contributed by atoms with E-state index in [1.165, 1.54) is 6.07 Å². The first-order chi connectivity index (χ1) is 9.58. The molecule has 0 bridgehead atoms. The molecule has 0 aliphatic heterocycles. The van der Waals surface area contributed by atoms with Crippen molar-refractivity contribution < 1.29 is 4.92 Å². The summed E-state index contributed by atoms with van der Waals surface area (Å²) in [4.78, 5) is 10.5. The second-order valence-corrected chi connectivity index (χ2v) is 4.99. The number of hydrogen-bond acceptors (Lipinski definition) is 3. The van der Waals surface area contributed by atoms with Gasteiger partial charge in [0.1, 0.15) is 0 Å². The number of nitro benzene ring substituents is 1. The summed E-state index contributed by atoms with van der Waals surface area (Å²) in [7, 11) is 0. The van der Waals surface area contributed by atoms with Crippen molar-refractivity contribution in [2.45, 2.75) is 20.0 Å². The van der Waals surface area contributed by atoms with Crippen molar-refractivity contribution in [3.63, 3.8) is 0 Å². The third-order valence-electron chi connectivity index (χ3n) is 3.15. The Kier molecular flexibility index (Phi) is 4.71. The Hall–Kier alpha value is -1.91. The first-order valence-corrected chi connectivity index (χ1v) is 6.64. The minimum Gasteiger partial charge on any atom is -0.309 e. The number of hydrogen-bond donors (Lipinski definition) is 1. The molecule has 104 valence electrons. The van der Waals surface area contributed by atoms with Gasteiger partial charge in [-0.1, -0.05) is 35.9 Å². The lowest BCUT2D eigenvalue weighted by Crippen LogP contribution is -2.13. The van der Waals surface area contributed by atoms with E-state index >= 15 is 0 Å². The monoisotopic (exact) mass is 290 g/mol. The maximum absolute atomic E-state index is 10.9. The fraction of sp³-hybridized carbons (Fsp3) is 0.200. The molecule has 20 heavy (non-hydrogen) atoms. The second kappa shape index (κ2) is 6.50. The van der Waals surface area contributed by atoms with Crippen LogP contribution in [-0.4, -0.2) is 4.92 Å². The minimum absolute atomic E-state index is 0.159. The highest BCUT2D eigenvalue weighted by Crippen LogP contribution is 2.21. The van der Waals surface area contributed by atoms with Crippen LogP contribution >= 0.6 is 11.6 Å². The molecule has 2 rings (SSSR count). The van der Waals surface area contributed by atoms with E-state index in [9.17, 15) is 10.1 Å². The molecule has 1 N–H and O–H groups in total. The predicted molar refractivity (Wildman–Crippen MR) is 79.8 cm³/mol. The van der Waals surface area contributed by atoms with Gasteiger partial charge in [-0.25, -0.2) is 0 Å². The van der Waals surface area contributed by atoms with E-state index in [1.807, 2.05) is 30.3 Å². The van der Waals surface area contributed by atoms with Crippen molar-refractivity contribution in [1.82, 2.24) is 5.32 Å². The smallest absolute Gasteiger partial charge is 0.272 e. The van der Waals surface area contributed by atoms with E-state index in [0.717, 1.165) is 11.1 Å². The highest BCUT2D eigenvalue weighted by molar-refractivity contribution is 6.30. The first kappa shape index (κ1) is 14.5. The van der Waals surface area contributed by atoms with Crippen LogP contribution in [0.1, 0.15) is 16.7 Å². The van der Waals surface area contributed by atoms with E-state index in [0.29, 0.717) is 23.7 Å². The van der Waals surface area contributed by atoms with Gasteiger partial charge in [-0.2, -0.15) is 0 Å². The first-order valence-electron chi connectivity index (χ1n) is 6.26. The fourth-order valence-electron chi connectivity index (χ4n) is 2.05. The van der Waals surface area contributed by atoms with Crippen molar-refractivity contribution in [2.75, 3.05) is 0 Å². The van der Waals surface area contributed by atoms with Crippen molar-refractivity contribution in [1.29, 1.82) is 0 Å². The van der Waals surface area contributed by atoms with Crippen LogP contribution in [0.2, 0.25) is 5.02 Å². The molecule has 2 aromatic rings. The quantitative estimate of drug-likeness (QED) is 0.672. The fourth-order valence-corrected chi connectivity index (χ4v) is 2.26. The highest BCUT2D eigenvalue weighted by atomic mass is 35.5. The molecule has 4 nitrogen and oxygen atoms in total. The normalized spacial score (nSPS) is 10.5. The van der Waals surface area contributed by atoms with Crippen molar-refractivity contribution in [3.05, 3.63) is 74.3 Å². The van der Waals surface area contributed by atoms with Gasteiger partial charge in [-0.15, -0.1) is 0 Å². The Morgan fingerprint density at radius 3 is 2.65 bits per heavy atom. The van der Waals surface area contributed by atoms with Crippen LogP contribution in [0.4, 0.5) is 5.69 Å². The van der Waals surface area contributed by atoms with Crippen LogP contribution in [-0.2, 0) is 13.1 Å². The average Bonchev–Trinajstić information content (AvgIpc) is 2.40. The van der Waals surface area contributed by atoms with Crippen LogP contribution in [0.5, 0.6) is 0 Å². The Bertz CT molecular complexity index is 629. The third kappa shape index (κ3) is 3.56. The number of nitrogens with zero attached hydrogens (tertiary/aromatic N) is 1. The van der Waals surface area contributed by atoms with Gasteiger partial charge in [0.2, 0.25) is 0 Å². The van der Waals surface area contributed by atoms with Gasteiger partial charge in [0.25, 0.3) is 5.69 Å². The topological polar surface area (TPSA) is 55.2 Å². The summed E-state index contributed by atoms with van der Waals surface area (Å²) in [5.74, 6) is 0. The van der Waals surface area contributed by atoms with Gasteiger partial charge in [-0.05, 0) is 30.2 Å². The maximum Gasteiger partial charge on any atom is 0.272 e. The van der Waals surface area contributed by atoms with Gasteiger partial charge in [0, 0.05) is 29.7 Å². The molecule has 0 unspecified atom stereocenters. The number of nitrogens with one attached hydrogen (secondary N) is 1. The summed E-state index contributed by atoms with van der Waals surface area (Å²) in [5, 5.41) is 14.9. The van der Waals surface area contributed by atoms with E-state index < -0.39 is 0 Å². The van der Waals surface area contributed by atoms with E-state index in [1.54, 1.807) is 13.0 Å². The lowest BCUT2D eigenvalue weighted by atomic mass is 10.1. The Balaban J connectivity index is 2.01. The summed E-state index contributed by atoms with van der Waals surface area (Å²) in [6.07, 6.45) is 0. The minimum atomic E-state index is -0.351. The molecule has 0 spiro atoms. The van der Waals surface area contributed by atoms with Gasteiger partial charge < -0.3 is 5.32 Å². The average molecular weight is 291 g/mol. The van der Waals surface area contributed by atoms with Crippen LogP contribution in [0.15, 0.2) is 42.5 Å². The molecule has 0 atom stereocenters. The van der Waals surface area contributed by atoms with Gasteiger partial charge >= 0.3 is 0 Å². The van der Waals surface area contributed by atoms with Gasteiger partial charge in [0.05, 0.1) is 4.92 Å². The molecule has 0 aromatic heterocycles. The van der Waals surface area contributed by atoms with Gasteiger partial charge in [0.15, 0.2) is 0 Å². The predicted octanol–water partition coefficient (Wildman–Crippen LogP) is 3.85. The number of benzene rings is 2. The molecule has 0 amide bonds. The highest BCUT2D eigenvalue weighted by Gasteiger charge is 2.12. The molecule has 0 saturated heterocycles. The molecule has 0 radical (unpaired) electrons. The van der Waals surface area contributed by atoms with E-state index in [4.69, 9.17) is 11.6 Å². The zero-order valence-corrected chi connectivity index (χ0v) is 11.9. The standard InChI is InChI=1S/C15H15ClN2O2/c1-11-13(5-3-7-15(11)18(19)20)10-17-9-12-4-2-6-14(16)8-12/h2-8,17H,9-10H2,1H3.